The van der Waals surface area contributed by atoms with Gasteiger partial charge in [0.1, 0.15) is 13.2 Å². The van der Waals surface area contributed by atoms with Gasteiger partial charge in [-0.3, -0.25) is 14.4 Å². The Labute approximate surface area is 434 Å². The molecule has 1 atom stereocenters. The molecule has 0 fully saturated rings. The molecule has 0 radical (unpaired) electrons. The van der Waals surface area contributed by atoms with Crippen molar-refractivity contribution in [3.63, 3.8) is 0 Å². The number of hydrogen-bond acceptors (Lipinski definition) is 6. The lowest BCUT2D eigenvalue weighted by atomic mass is 10.1. The molecule has 0 saturated heterocycles. The summed E-state index contributed by atoms with van der Waals surface area (Å²) in [6, 6.07) is 0. The second kappa shape index (κ2) is 57.1. The molecule has 0 unspecified atom stereocenters. The fraction of sp³-hybridized carbons (Fsp3) is 0.492. The summed E-state index contributed by atoms with van der Waals surface area (Å²) in [7, 11) is 0. The monoisotopic (exact) mass is 973 g/mol. The Hall–Kier alpha value is -5.49. The minimum Gasteiger partial charge on any atom is -0.462 e. The van der Waals surface area contributed by atoms with Crippen molar-refractivity contribution in [2.45, 2.75) is 194 Å². The molecule has 0 saturated carbocycles. The van der Waals surface area contributed by atoms with Gasteiger partial charge in [-0.15, -0.1) is 0 Å². The summed E-state index contributed by atoms with van der Waals surface area (Å²) in [5.74, 6) is -1.16. The van der Waals surface area contributed by atoms with Crippen LogP contribution in [0.15, 0.2) is 182 Å². The molecule has 71 heavy (non-hydrogen) atoms. The molecule has 0 aromatic rings. The van der Waals surface area contributed by atoms with Crippen LogP contribution in [-0.2, 0) is 28.6 Å². The van der Waals surface area contributed by atoms with Gasteiger partial charge in [-0.2, -0.15) is 0 Å². The number of allylic oxidation sites excluding steroid dienone is 30. The third kappa shape index (κ3) is 55.3. The van der Waals surface area contributed by atoms with E-state index in [9.17, 15) is 14.4 Å². The highest BCUT2D eigenvalue weighted by Gasteiger charge is 2.19. The van der Waals surface area contributed by atoms with Crippen molar-refractivity contribution in [1.82, 2.24) is 0 Å². The summed E-state index contributed by atoms with van der Waals surface area (Å²) in [6.07, 6.45) is 86.1. The topological polar surface area (TPSA) is 78.9 Å². The lowest BCUT2D eigenvalue weighted by Crippen LogP contribution is -2.30. The third-order valence-electron chi connectivity index (χ3n) is 10.4. The highest BCUT2D eigenvalue weighted by Crippen LogP contribution is 2.10. The maximum atomic E-state index is 12.8. The van der Waals surface area contributed by atoms with E-state index >= 15 is 0 Å². The standard InChI is InChI=1S/C65H96O6/c1-4-7-10-13-16-19-22-25-28-30-32-34-37-40-43-46-49-52-55-58-64(67)70-61-62(60-69-63(66)57-54-51-48-45-42-39-36-27-24-21-18-15-12-9-6-3)71-65(68)59-56-53-50-47-44-41-38-35-33-31-29-26-23-20-17-14-11-8-5-2/h7-12,16-21,25-29,32-36,40-41,43-44,49-50,52-53,62H,4-6,13-15,22-24,30-31,37-39,42,45-48,51,54-61H2,1-3H3/b10-7-,11-8-,12-9-,19-16-,20-17-,21-18-,28-25-,29-26-,34-32-,35-33-,36-27-,43-40-,44-41-,52-49-,53-50-/t62-/m0/s1. The van der Waals surface area contributed by atoms with Gasteiger partial charge in [-0.1, -0.05) is 222 Å². The molecular formula is C65H96O6. The van der Waals surface area contributed by atoms with E-state index in [-0.39, 0.29) is 32.0 Å². The first-order valence-electron chi connectivity index (χ1n) is 27.3. The van der Waals surface area contributed by atoms with Crippen LogP contribution in [0, 0.1) is 0 Å². The number of esters is 3. The van der Waals surface area contributed by atoms with E-state index in [1.807, 2.05) is 24.3 Å². The average Bonchev–Trinajstić information content (AvgIpc) is 3.37. The van der Waals surface area contributed by atoms with E-state index in [1.165, 1.54) is 0 Å². The zero-order valence-electron chi connectivity index (χ0n) is 44.6. The van der Waals surface area contributed by atoms with Gasteiger partial charge >= 0.3 is 17.9 Å². The largest absolute Gasteiger partial charge is 0.462 e. The normalized spacial score (nSPS) is 13.6. The first-order valence-corrected chi connectivity index (χ1v) is 27.3. The fourth-order valence-corrected chi connectivity index (χ4v) is 6.45. The van der Waals surface area contributed by atoms with Crippen LogP contribution >= 0.6 is 0 Å². The average molecular weight is 973 g/mol. The molecule has 0 aliphatic heterocycles. The first-order chi connectivity index (χ1) is 35.0. The third-order valence-corrected chi connectivity index (χ3v) is 10.4. The maximum absolute atomic E-state index is 12.8. The van der Waals surface area contributed by atoms with Gasteiger partial charge in [0.05, 0.1) is 0 Å². The van der Waals surface area contributed by atoms with Gasteiger partial charge in [0.15, 0.2) is 6.10 Å². The molecule has 0 aromatic carbocycles. The summed E-state index contributed by atoms with van der Waals surface area (Å²) in [4.78, 5) is 38.1. The minimum atomic E-state index is -0.868. The van der Waals surface area contributed by atoms with Crippen LogP contribution in [0.2, 0.25) is 0 Å². The van der Waals surface area contributed by atoms with E-state index < -0.39 is 18.0 Å². The zero-order chi connectivity index (χ0) is 51.4. The Kier molecular flexibility index (Phi) is 52.7. The molecule has 0 bridgehead atoms. The van der Waals surface area contributed by atoms with Crippen molar-refractivity contribution in [3.05, 3.63) is 182 Å². The number of carbonyl (C=O) groups is 3. The zero-order valence-corrected chi connectivity index (χ0v) is 44.6. The van der Waals surface area contributed by atoms with Gasteiger partial charge in [-0.05, 0) is 128 Å². The van der Waals surface area contributed by atoms with Crippen molar-refractivity contribution < 1.29 is 28.6 Å². The molecule has 0 aromatic heterocycles. The van der Waals surface area contributed by atoms with Crippen LogP contribution in [0.1, 0.15) is 188 Å². The van der Waals surface area contributed by atoms with Gasteiger partial charge in [0.2, 0.25) is 0 Å². The van der Waals surface area contributed by atoms with Crippen LogP contribution in [0.4, 0.5) is 0 Å². The van der Waals surface area contributed by atoms with Crippen molar-refractivity contribution in [2.75, 3.05) is 13.2 Å². The smallest absolute Gasteiger partial charge is 0.306 e. The summed E-state index contributed by atoms with van der Waals surface area (Å²) < 4.78 is 16.7. The Morgan fingerprint density at radius 2 is 0.535 bits per heavy atom. The number of unbranched alkanes of at least 4 members (excludes halogenated alkanes) is 5. The van der Waals surface area contributed by atoms with Gasteiger partial charge in [0, 0.05) is 19.3 Å². The second-order valence-electron chi connectivity index (χ2n) is 17.0. The van der Waals surface area contributed by atoms with E-state index in [4.69, 9.17) is 14.2 Å². The fourth-order valence-electron chi connectivity index (χ4n) is 6.45. The molecule has 0 rings (SSSR count). The van der Waals surface area contributed by atoms with E-state index in [0.29, 0.717) is 19.3 Å². The molecular weight excluding hydrogens is 877 g/mol. The molecule has 6 heteroatoms. The van der Waals surface area contributed by atoms with Gasteiger partial charge < -0.3 is 14.2 Å². The Balaban J connectivity index is 4.69. The number of hydrogen-bond donors (Lipinski definition) is 0. The number of ether oxygens (including phenoxy) is 3. The van der Waals surface area contributed by atoms with Crippen LogP contribution in [0.5, 0.6) is 0 Å². The molecule has 0 aliphatic carbocycles. The Morgan fingerprint density at radius 3 is 0.873 bits per heavy atom. The number of carbonyl (C=O) groups excluding carboxylic acids is 3. The Morgan fingerprint density at radius 1 is 0.282 bits per heavy atom. The molecule has 0 amide bonds. The van der Waals surface area contributed by atoms with E-state index in [2.05, 4.69) is 179 Å². The summed E-state index contributed by atoms with van der Waals surface area (Å²) in [5, 5.41) is 0. The molecule has 0 heterocycles. The Bertz CT molecular complexity index is 1730. The predicted molar refractivity (Wildman–Crippen MR) is 306 cm³/mol. The molecule has 0 spiro atoms. The maximum Gasteiger partial charge on any atom is 0.306 e. The summed E-state index contributed by atoms with van der Waals surface area (Å²) in [5.41, 5.74) is 0. The quantitative estimate of drug-likeness (QED) is 0.0262. The first kappa shape index (κ1) is 65.5. The van der Waals surface area contributed by atoms with Crippen LogP contribution in [-0.4, -0.2) is 37.2 Å². The van der Waals surface area contributed by atoms with E-state index in [1.54, 1.807) is 0 Å². The van der Waals surface area contributed by atoms with Crippen molar-refractivity contribution in [3.8, 4) is 0 Å². The van der Waals surface area contributed by atoms with Gasteiger partial charge in [-0.25, -0.2) is 0 Å². The van der Waals surface area contributed by atoms with Crippen molar-refractivity contribution >= 4 is 17.9 Å². The molecule has 392 valence electrons. The number of rotatable bonds is 46. The summed E-state index contributed by atoms with van der Waals surface area (Å²) in [6.45, 7) is 6.12. The highest BCUT2D eigenvalue weighted by atomic mass is 16.6. The van der Waals surface area contributed by atoms with E-state index in [0.717, 1.165) is 135 Å². The lowest BCUT2D eigenvalue weighted by molar-refractivity contribution is -0.166. The lowest BCUT2D eigenvalue weighted by Gasteiger charge is -2.18. The SMILES string of the molecule is CC/C=C\C/C=C\C/C=C\C/C=C\C/C=C\C/C=C\CCC(=O)OC[C@H](COC(=O)CCCCCCC/C=C\C/C=C\C/C=C\CC)OC(=O)CC/C=C\C/C=C\C/C=C\C/C=C\C/C=C\C/C=C\CC. The van der Waals surface area contributed by atoms with Crippen LogP contribution < -0.4 is 0 Å². The molecule has 6 nitrogen and oxygen atoms in total. The summed E-state index contributed by atoms with van der Waals surface area (Å²) >= 11 is 0. The van der Waals surface area contributed by atoms with Crippen molar-refractivity contribution in [2.24, 2.45) is 0 Å². The second-order valence-corrected chi connectivity index (χ2v) is 17.0. The van der Waals surface area contributed by atoms with Gasteiger partial charge in [0.25, 0.3) is 0 Å². The minimum absolute atomic E-state index is 0.151. The molecule has 0 aliphatic rings. The van der Waals surface area contributed by atoms with Crippen LogP contribution in [0.3, 0.4) is 0 Å². The predicted octanol–water partition coefficient (Wildman–Crippen LogP) is 18.5. The molecule has 0 N–H and O–H groups in total. The van der Waals surface area contributed by atoms with Crippen LogP contribution in [0.25, 0.3) is 0 Å². The van der Waals surface area contributed by atoms with Crippen molar-refractivity contribution in [1.29, 1.82) is 0 Å². The highest BCUT2D eigenvalue weighted by molar-refractivity contribution is 5.71.